The van der Waals surface area contributed by atoms with Gasteiger partial charge in [-0.3, -0.25) is 9.89 Å². The van der Waals surface area contributed by atoms with Crippen LogP contribution in [0.3, 0.4) is 0 Å². The van der Waals surface area contributed by atoms with Gasteiger partial charge in [0.15, 0.2) is 0 Å². The number of ether oxygens (including phenoxy) is 1. The number of alkyl halides is 3. The van der Waals surface area contributed by atoms with Crippen molar-refractivity contribution in [3.05, 3.63) is 48.3 Å². The number of carboxylic acids is 1. The van der Waals surface area contributed by atoms with Crippen LogP contribution in [0.15, 0.2) is 42.7 Å². The van der Waals surface area contributed by atoms with Crippen molar-refractivity contribution >= 4 is 28.5 Å². The number of aromatic amines is 1. The molecule has 1 aromatic carbocycles. The van der Waals surface area contributed by atoms with Crippen LogP contribution in [0.2, 0.25) is 0 Å². The minimum atomic E-state index is -5.08. The lowest BCUT2D eigenvalue weighted by Crippen LogP contribution is -2.23. The summed E-state index contributed by atoms with van der Waals surface area (Å²) in [7, 11) is 2.06. The number of likely N-dealkylation sites (tertiary alicyclic amines) is 1. The number of nitrogens with one attached hydrogen (secondary N) is 2. The third-order valence-electron chi connectivity index (χ3n) is 4.58. The van der Waals surface area contributed by atoms with E-state index >= 15 is 0 Å². The molecule has 1 saturated heterocycles. The number of aromatic nitrogens is 3. The van der Waals surface area contributed by atoms with Crippen LogP contribution in [0.4, 0.5) is 18.9 Å². The number of hydrogen-bond donors (Lipinski definition) is 3. The number of H-pyrrole nitrogens is 1. The number of rotatable bonds is 4. The molecule has 4 rings (SSSR count). The minimum absolute atomic E-state index is 0.0636. The Bertz CT molecular complexity index is 1100. The van der Waals surface area contributed by atoms with Gasteiger partial charge < -0.3 is 20.1 Å². The monoisotopic (exact) mass is 451 g/mol. The number of carboxylic acid groups (broad SMARTS) is 1. The molecule has 2 aromatic heterocycles. The molecule has 9 nitrogen and oxygen atoms in total. The van der Waals surface area contributed by atoms with Crippen LogP contribution in [-0.2, 0) is 4.79 Å². The standard InChI is InChI=1S/C18H19N5O2.C2HF3O2/c1-23-8-6-14(11-23)25-18-15(3-2-7-19-18)17(24)21-13-4-5-16-12(9-13)10-20-22-16;3-2(4,5)1(6)7/h2-5,7,9-10,14H,6,8,11H2,1H3,(H,20,22)(H,21,24);(H,6,7)/t14-;/m1./s1. The number of pyridine rings is 1. The topological polar surface area (TPSA) is 120 Å². The fourth-order valence-electron chi connectivity index (χ4n) is 3.03. The van der Waals surface area contributed by atoms with Gasteiger partial charge in [-0.25, -0.2) is 9.78 Å². The highest BCUT2D eigenvalue weighted by molar-refractivity contribution is 6.06. The van der Waals surface area contributed by atoms with Gasteiger partial charge in [0.05, 0.1) is 11.7 Å². The second-order valence-electron chi connectivity index (χ2n) is 7.08. The summed E-state index contributed by atoms with van der Waals surface area (Å²) < 4.78 is 37.7. The van der Waals surface area contributed by atoms with E-state index in [1.807, 2.05) is 18.2 Å². The Labute approximate surface area is 180 Å². The quantitative estimate of drug-likeness (QED) is 0.558. The Morgan fingerprint density at radius 1 is 1.31 bits per heavy atom. The molecule has 1 aliphatic heterocycles. The van der Waals surface area contributed by atoms with E-state index in [1.165, 1.54) is 0 Å². The number of halogens is 3. The zero-order valence-electron chi connectivity index (χ0n) is 16.9. The number of likely N-dealkylation sites (N-methyl/N-ethyl adjacent to an activating group) is 1. The summed E-state index contributed by atoms with van der Waals surface area (Å²) >= 11 is 0. The zero-order valence-corrected chi connectivity index (χ0v) is 16.9. The molecule has 0 saturated carbocycles. The molecule has 1 atom stereocenters. The van der Waals surface area contributed by atoms with Gasteiger partial charge in [0.1, 0.15) is 11.7 Å². The lowest BCUT2D eigenvalue weighted by Gasteiger charge is -2.15. The van der Waals surface area contributed by atoms with Crippen molar-refractivity contribution in [2.45, 2.75) is 18.7 Å². The predicted octanol–water partition coefficient (Wildman–Crippen LogP) is 2.93. The maximum absolute atomic E-state index is 12.7. The predicted molar refractivity (Wildman–Crippen MR) is 109 cm³/mol. The first-order chi connectivity index (χ1) is 15.1. The normalized spacial score (nSPS) is 16.3. The van der Waals surface area contributed by atoms with Crippen LogP contribution in [0.1, 0.15) is 16.8 Å². The lowest BCUT2D eigenvalue weighted by molar-refractivity contribution is -0.192. The van der Waals surface area contributed by atoms with E-state index in [0.29, 0.717) is 17.1 Å². The third-order valence-corrected chi connectivity index (χ3v) is 4.58. The van der Waals surface area contributed by atoms with E-state index in [1.54, 1.807) is 24.5 Å². The van der Waals surface area contributed by atoms with Crippen LogP contribution in [0.5, 0.6) is 5.88 Å². The number of carbonyl (C=O) groups excluding carboxylic acids is 1. The average Bonchev–Trinajstić information content (AvgIpc) is 3.36. The molecular weight excluding hydrogens is 431 g/mol. The highest BCUT2D eigenvalue weighted by atomic mass is 19.4. The number of carbonyl (C=O) groups is 2. The molecule has 0 aliphatic carbocycles. The van der Waals surface area contributed by atoms with Crippen molar-refractivity contribution < 1.29 is 32.6 Å². The number of fused-ring (bicyclic) bond motifs is 1. The number of hydrogen-bond acceptors (Lipinski definition) is 6. The van der Waals surface area contributed by atoms with E-state index in [-0.39, 0.29) is 12.0 Å². The molecule has 0 bridgehead atoms. The van der Waals surface area contributed by atoms with Crippen molar-refractivity contribution in [2.75, 3.05) is 25.5 Å². The van der Waals surface area contributed by atoms with Gasteiger partial charge in [0, 0.05) is 30.4 Å². The summed E-state index contributed by atoms with van der Waals surface area (Å²) in [4.78, 5) is 28.0. The molecule has 3 aromatic rings. The molecule has 3 heterocycles. The number of nitrogens with zero attached hydrogens (tertiary/aromatic N) is 3. The Hall–Kier alpha value is -3.67. The summed E-state index contributed by atoms with van der Waals surface area (Å²) in [5, 5.41) is 17.8. The first kappa shape index (κ1) is 23.0. The lowest BCUT2D eigenvalue weighted by atomic mass is 10.2. The van der Waals surface area contributed by atoms with Crippen LogP contribution >= 0.6 is 0 Å². The number of aliphatic carboxylic acids is 1. The molecule has 170 valence electrons. The molecule has 0 spiro atoms. The number of amides is 1. The van der Waals surface area contributed by atoms with Gasteiger partial charge in [0.25, 0.3) is 5.91 Å². The fraction of sp³-hybridized carbons (Fsp3) is 0.300. The molecule has 12 heteroatoms. The van der Waals surface area contributed by atoms with Gasteiger partial charge in [-0.05, 0) is 43.8 Å². The number of anilines is 1. The molecule has 3 N–H and O–H groups in total. The maximum Gasteiger partial charge on any atom is 0.490 e. The largest absolute Gasteiger partial charge is 0.490 e. The van der Waals surface area contributed by atoms with E-state index < -0.39 is 12.1 Å². The van der Waals surface area contributed by atoms with E-state index in [0.717, 1.165) is 30.4 Å². The third kappa shape index (κ3) is 5.94. The van der Waals surface area contributed by atoms with Crippen LogP contribution in [0, 0.1) is 0 Å². The molecule has 32 heavy (non-hydrogen) atoms. The SMILES string of the molecule is CN1CC[C@@H](Oc2ncccc2C(=O)Nc2ccc3[nH]ncc3c2)C1.O=C(O)C(F)(F)F. The molecule has 0 radical (unpaired) electrons. The van der Waals surface area contributed by atoms with Gasteiger partial charge >= 0.3 is 12.1 Å². The molecular formula is C20H20F3N5O4. The Kier molecular flexibility index (Phi) is 6.93. The van der Waals surface area contributed by atoms with Crippen LogP contribution in [-0.4, -0.2) is 69.5 Å². The summed E-state index contributed by atoms with van der Waals surface area (Å²) in [5.41, 5.74) is 2.06. The van der Waals surface area contributed by atoms with Crippen LogP contribution in [0.25, 0.3) is 10.9 Å². The number of benzene rings is 1. The Morgan fingerprint density at radius 3 is 2.72 bits per heavy atom. The van der Waals surface area contributed by atoms with Gasteiger partial charge in [0.2, 0.25) is 5.88 Å². The molecule has 0 unspecified atom stereocenters. The highest BCUT2D eigenvalue weighted by Gasteiger charge is 2.38. The second-order valence-corrected chi connectivity index (χ2v) is 7.08. The highest BCUT2D eigenvalue weighted by Crippen LogP contribution is 2.22. The van der Waals surface area contributed by atoms with Gasteiger partial charge in [-0.15, -0.1) is 0 Å². The Morgan fingerprint density at radius 2 is 2.06 bits per heavy atom. The first-order valence-electron chi connectivity index (χ1n) is 9.48. The van der Waals surface area contributed by atoms with Crippen molar-refractivity contribution in [1.82, 2.24) is 20.1 Å². The van der Waals surface area contributed by atoms with E-state index in [4.69, 9.17) is 14.6 Å². The van der Waals surface area contributed by atoms with Gasteiger partial charge in [-0.2, -0.15) is 18.3 Å². The maximum atomic E-state index is 12.7. The van der Waals surface area contributed by atoms with Crippen molar-refractivity contribution in [1.29, 1.82) is 0 Å². The molecule has 1 amide bonds. The van der Waals surface area contributed by atoms with E-state index in [2.05, 4.69) is 32.4 Å². The summed E-state index contributed by atoms with van der Waals surface area (Å²) in [6, 6.07) is 9.06. The Balaban J connectivity index is 0.000000360. The fourth-order valence-corrected chi connectivity index (χ4v) is 3.03. The van der Waals surface area contributed by atoms with Crippen LogP contribution < -0.4 is 10.1 Å². The molecule has 1 aliphatic rings. The summed E-state index contributed by atoms with van der Waals surface area (Å²) in [5.74, 6) is -2.62. The zero-order chi connectivity index (χ0) is 23.3. The van der Waals surface area contributed by atoms with Crippen molar-refractivity contribution in [3.63, 3.8) is 0 Å². The smallest absolute Gasteiger partial charge is 0.475 e. The van der Waals surface area contributed by atoms with Crippen molar-refractivity contribution in [3.8, 4) is 5.88 Å². The summed E-state index contributed by atoms with van der Waals surface area (Å²) in [6.45, 7) is 1.83. The minimum Gasteiger partial charge on any atom is -0.475 e. The second kappa shape index (κ2) is 9.64. The van der Waals surface area contributed by atoms with E-state index in [9.17, 15) is 18.0 Å². The van der Waals surface area contributed by atoms with Crippen molar-refractivity contribution in [2.24, 2.45) is 0 Å². The first-order valence-corrected chi connectivity index (χ1v) is 9.48. The van der Waals surface area contributed by atoms with Gasteiger partial charge in [-0.1, -0.05) is 0 Å². The molecule has 1 fully saturated rings. The summed E-state index contributed by atoms with van der Waals surface area (Å²) in [6.07, 6.45) is -0.720. The average molecular weight is 451 g/mol.